The number of H-pyrrole nitrogens is 1. The molecule has 2 saturated heterocycles. The van der Waals surface area contributed by atoms with Crippen molar-refractivity contribution in [1.82, 2.24) is 30.6 Å². The summed E-state index contributed by atoms with van der Waals surface area (Å²) in [5.74, 6) is -1.34. The standard InChI is InChI=1S/C17H20N6O5S3/c1-9(31-16-18-20-21-19-16)17(15(26)27)7-22-13(25)12(14(22)30-8-17)23(28-2)11(24)6-10-4-3-5-29-10/h3-5,9,12,14H,6-8H2,1-2H3,(H,26,27)(H,18,19,20,21)/t9?,12?,14-,17?/m1/s1. The molecule has 14 heteroatoms. The summed E-state index contributed by atoms with van der Waals surface area (Å²) in [5, 5.41) is 26.2. The summed E-state index contributed by atoms with van der Waals surface area (Å²) in [5.41, 5.74) is -1.19. The highest BCUT2D eigenvalue weighted by molar-refractivity contribution is 8.01. The first-order chi connectivity index (χ1) is 14.9. The number of tetrazole rings is 1. The van der Waals surface area contributed by atoms with E-state index >= 15 is 0 Å². The number of fused-ring (bicyclic) bond motifs is 1. The number of amides is 2. The highest BCUT2D eigenvalue weighted by atomic mass is 32.2. The number of carbonyl (C=O) groups excluding carboxylic acids is 2. The molecule has 4 heterocycles. The summed E-state index contributed by atoms with van der Waals surface area (Å²) in [7, 11) is 1.36. The van der Waals surface area contributed by atoms with E-state index in [1.165, 1.54) is 46.9 Å². The smallest absolute Gasteiger partial charge is 0.313 e. The minimum absolute atomic E-state index is 0.0397. The van der Waals surface area contributed by atoms with Crippen LogP contribution in [-0.2, 0) is 25.6 Å². The van der Waals surface area contributed by atoms with Crippen molar-refractivity contribution in [3.8, 4) is 0 Å². The van der Waals surface area contributed by atoms with E-state index in [0.717, 1.165) is 9.94 Å². The van der Waals surface area contributed by atoms with Gasteiger partial charge in [-0.05, 0) is 16.7 Å². The fourth-order valence-corrected chi connectivity index (χ4v) is 7.17. The zero-order chi connectivity index (χ0) is 22.2. The molecule has 0 radical (unpaired) electrons. The van der Waals surface area contributed by atoms with Crippen molar-refractivity contribution in [1.29, 1.82) is 0 Å². The van der Waals surface area contributed by atoms with E-state index in [9.17, 15) is 19.5 Å². The summed E-state index contributed by atoms with van der Waals surface area (Å²) in [6.07, 6.45) is 0.143. The van der Waals surface area contributed by atoms with Crippen molar-refractivity contribution >= 4 is 52.6 Å². The Labute approximate surface area is 189 Å². The molecule has 0 saturated carbocycles. The van der Waals surface area contributed by atoms with Crippen LogP contribution in [0.15, 0.2) is 22.7 Å². The lowest BCUT2D eigenvalue weighted by Crippen LogP contribution is -2.75. The molecule has 0 aromatic carbocycles. The number of rotatable bonds is 8. The Hall–Kier alpha value is -2.16. The monoisotopic (exact) mass is 484 g/mol. The van der Waals surface area contributed by atoms with E-state index < -0.39 is 22.7 Å². The number of thiophene rings is 1. The molecule has 166 valence electrons. The van der Waals surface area contributed by atoms with Gasteiger partial charge >= 0.3 is 5.97 Å². The third kappa shape index (κ3) is 3.92. The largest absolute Gasteiger partial charge is 0.481 e. The third-order valence-corrected chi connectivity index (χ3v) is 9.09. The van der Waals surface area contributed by atoms with E-state index in [0.29, 0.717) is 5.16 Å². The molecule has 0 spiro atoms. The quantitative estimate of drug-likeness (QED) is 0.313. The van der Waals surface area contributed by atoms with E-state index in [1.807, 2.05) is 17.5 Å². The van der Waals surface area contributed by atoms with Gasteiger partial charge in [0, 0.05) is 22.4 Å². The van der Waals surface area contributed by atoms with Crippen molar-refractivity contribution in [3.05, 3.63) is 22.4 Å². The van der Waals surface area contributed by atoms with Crippen LogP contribution in [-0.4, -0.2) is 89.6 Å². The molecule has 2 N–H and O–H groups in total. The van der Waals surface area contributed by atoms with E-state index in [2.05, 4.69) is 20.6 Å². The number of hydrogen-bond donors (Lipinski definition) is 2. The first-order valence-electron chi connectivity index (χ1n) is 9.31. The Bertz CT molecular complexity index is 958. The van der Waals surface area contributed by atoms with Crippen LogP contribution in [0.3, 0.4) is 0 Å². The zero-order valence-corrected chi connectivity index (χ0v) is 19.1. The maximum atomic E-state index is 13.0. The van der Waals surface area contributed by atoms with Gasteiger partial charge in [-0.15, -0.1) is 33.3 Å². The maximum Gasteiger partial charge on any atom is 0.313 e. The summed E-state index contributed by atoms with van der Waals surface area (Å²) in [6, 6.07) is 2.94. The van der Waals surface area contributed by atoms with E-state index in [4.69, 9.17) is 4.84 Å². The number of thioether (sulfide) groups is 2. The molecule has 11 nitrogen and oxygen atoms in total. The number of aromatic amines is 1. The van der Waals surface area contributed by atoms with Crippen molar-refractivity contribution < 1.29 is 24.3 Å². The van der Waals surface area contributed by atoms with Gasteiger partial charge in [0.2, 0.25) is 5.16 Å². The minimum Gasteiger partial charge on any atom is -0.481 e. The molecule has 2 aromatic rings. The van der Waals surface area contributed by atoms with Crippen LogP contribution < -0.4 is 0 Å². The number of aromatic nitrogens is 4. The number of hydrogen-bond acceptors (Lipinski definition) is 10. The average molecular weight is 485 g/mol. The second-order valence-corrected chi connectivity index (χ2v) is 10.6. The lowest BCUT2D eigenvalue weighted by molar-refractivity contribution is -0.212. The van der Waals surface area contributed by atoms with Gasteiger partial charge in [0.1, 0.15) is 10.8 Å². The molecular formula is C17H20N6O5S3. The number of nitrogens with zero attached hydrogens (tertiary/aromatic N) is 5. The van der Waals surface area contributed by atoms with Crippen LogP contribution in [0.1, 0.15) is 11.8 Å². The van der Waals surface area contributed by atoms with Gasteiger partial charge in [-0.25, -0.2) is 5.06 Å². The van der Waals surface area contributed by atoms with Crippen LogP contribution >= 0.6 is 34.9 Å². The number of aliphatic carboxylic acids is 1. The zero-order valence-electron chi connectivity index (χ0n) is 16.6. The number of carbonyl (C=O) groups is 3. The second kappa shape index (κ2) is 8.76. The predicted molar refractivity (Wildman–Crippen MR) is 113 cm³/mol. The fourth-order valence-electron chi connectivity index (χ4n) is 3.69. The molecule has 2 fully saturated rings. The van der Waals surface area contributed by atoms with Gasteiger partial charge in [0.25, 0.3) is 11.8 Å². The molecule has 2 aromatic heterocycles. The Morgan fingerprint density at radius 2 is 2.35 bits per heavy atom. The van der Waals surface area contributed by atoms with Crippen LogP contribution in [0, 0.1) is 5.41 Å². The molecular weight excluding hydrogens is 464 g/mol. The van der Waals surface area contributed by atoms with Gasteiger partial charge in [-0.1, -0.05) is 24.8 Å². The number of carboxylic acids is 1. The van der Waals surface area contributed by atoms with Gasteiger partial charge in [-0.2, -0.15) is 5.21 Å². The average Bonchev–Trinajstić information content (AvgIpc) is 3.45. The van der Waals surface area contributed by atoms with Gasteiger partial charge in [0.05, 0.1) is 13.5 Å². The Morgan fingerprint density at radius 3 is 2.97 bits per heavy atom. The van der Waals surface area contributed by atoms with E-state index in [1.54, 1.807) is 6.92 Å². The lowest BCUT2D eigenvalue weighted by atomic mass is 9.84. The number of carboxylic acid groups (broad SMARTS) is 1. The summed E-state index contributed by atoms with van der Waals surface area (Å²) in [6.45, 7) is 1.82. The Balaban J connectivity index is 1.47. The fraction of sp³-hybridized carbons (Fsp3) is 0.529. The Kier molecular flexibility index (Phi) is 6.23. The highest BCUT2D eigenvalue weighted by Crippen LogP contribution is 2.48. The molecule has 4 atom stereocenters. The minimum atomic E-state index is -1.19. The summed E-state index contributed by atoms with van der Waals surface area (Å²) in [4.78, 5) is 45.6. The molecule has 0 aliphatic carbocycles. The number of nitrogens with one attached hydrogen (secondary N) is 1. The first-order valence-corrected chi connectivity index (χ1v) is 12.1. The van der Waals surface area contributed by atoms with Crippen LogP contribution in [0.2, 0.25) is 0 Å². The number of β-lactam (4-membered cyclic amide) rings is 1. The van der Waals surface area contributed by atoms with Crippen molar-refractivity contribution in [2.45, 2.75) is 35.2 Å². The first kappa shape index (κ1) is 22.0. The van der Waals surface area contributed by atoms with Crippen molar-refractivity contribution in [2.24, 2.45) is 5.41 Å². The molecule has 2 aliphatic rings. The molecule has 0 bridgehead atoms. The van der Waals surface area contributed by atoms with Crippen LogP contribution in [0.4, 0.5) is 0 Å². The molecule has 3 unspecified atom stereocenters. The second-order valence-electron chi connectivity index (χ2n) is 7.19. The third-order valence-electron chi connectivity index (χ3n) is 5.49. The normalized spacial score (nSPS) is 26.1. The Morgan fingerprint density at radius 1 is 1.55 bits per heavy atom. The van der Waals surface area contributed by atoms with Crippen molar-refractivity contribution in [2.75, 3.05) is 19.4 Å². The maximum absolute atomic E-state index is 13.0. The van der Waals surface area contributed by atoms with Crippen LogP contribution in [0.25, 0.3) is 0 Å². The topological polar surface area (TPSA) is 142 Å². The predicted octanol–water partition coefficient (Wildman–Crippen LogP) is 0.729. The SMILES string of the molecule is CON(C(=O)Cc1cccs1)C1C(=O)N2CC(C(=O)O)(C(C)Sc3nn[nH]n3)CS[C@H]12. The molecule has 2 amide bonds. The van der Waals surface area contributed by atoms with Gasteiger partial charge in [-0.3, -0.25) is 19.2 Å². The number of hydroxylamine groups is 2. The van der Waals surface area contributed by atoms with E-state index in [-0.39, 0.29) is 35.9 Å². The van der Waals surface area contributed by atoms with Gasteiger partial charge in [0.15, 0.2) is 6.04 Å². The summed E-state index contributed by atoms with van der Waals surface area (Å²) < 4.78 is 0. The van der Waals surface area contributed by atoms with Gasteiger partial charge < -0.3 is 10.0 Å². The molecule has 4 rings (SSSR count). The summed E-state index contributed by atoms with van der Waals surface area (Å²) >= 11 is 4.00. The van der Waals surface area contributed by atoms with Crippen molar-refractivity contribution in [3.63, 3.8) is 0 Å². The highest BCUT2D eigenvalue weighted by Gasteiger charge is 2.61. The lowest BCUT2D eigenvalue weighted by Gasteiger charge is -2.56. The molecule has 31 heavy (non-hydrogen) atoms. The van der Waals surface area contributed by atoms with Crippen LogP contribution in [0.5, 0.6) is 0 Å². The molecule has 2 aliphatic heterocycles.